The van der Waals surface area contributed by atoms with Crippen molar-refractivity contribution < 1.29 is 18.3 Å². The van der Waals surface area contributed by atoms with Gasteiger partial charge in [0.2, 0.25) is 0 Å². The Hall–Kier alpha value is -1.14. The number of benzene rings is 1. The maximum absolute atomic E-state index is 13.8. The first kappa shape index (κ1) is 15.9. The number of ether oxygens (including phenoxy) is 1. The maximum atomic E-state index is 13.8. The van der Waals surface area contributed by atoms with Gasteiger partial charge in [-0.25, -0.2) is 8.78 Å². The third-order valence-corrected chi connectivity index (χ3v) is 3.52. The highest BCUT2D eigenvalue weighted by Gasteiger charge is 2.15. The number of esters is 1. The molecular weight excluding hydrogens is 272 g/mol. The van der Waals surface area contributed by atoms with Crippen molar-refractivity contribution in [1.82, 2.24) is 4.90 Å². The summed E-state index contributed by atoms with van der Waals surface area (Å²) in [6, 6.07) is 2.65. The van der Waals surface area contributed by atoms with Crippen LogP contribution in [0, 0.1) is 11.6 Å². The Labute approximate surface area is 115 Å². The van der Waals surface area contributed by atoms with Crippen LogP contribution in [0.1, 0.15) is 12.0 Å². The fourth-order valence-electron chi connectivity index (χ4n) is 1.52. The zero-order valence-electron chi connectivity index (χ0n) is 11.2. The van der Waals surface area contributed by atoms with E-state index in [1.54, 1.807) is 25.1 Å². The lowest BCUT2D eigenvalue weighted by atomic mass is 10.2. The van der Waals surface area contributed by atoms with Crippen molar-refractivity contribution in [3.63, 3.8) is 0 Å². The van der Waals surface area contributed by atoms with E-state index in [4.69, 9.17) is 0 Å². The van der Waals surface area contributed by atoms with Gasteiger partial charge in [0.05, 0.1) is 13.5 Å². The van der Waals surface area contributed by atoms with Crippen LogP contribution in [-0.2, 0) is 16.1 Å². The molecule has 1 rings (SSSR count). The number of carbonyl (C=O) groups is 1. The van der Waals surface area contributed by atoms with Crippen LogP contribution >= 0.6 is 11.8 Å². The van der Waals surface area contributed by atoms with Gasteiger partial charge in [-0.3, -0.25) is 4.79 Å². The number of rotatable bonds is 6. The summed E-state index contributed by atoms with van der Waals surface area (Å²) in [6.07, 6.45) is 0.238. The number of hydrogen-bond donors (Lipinski definition) is 0. The molecule has 0 aliphatic carbocycles. The summed E-state index contributed by atoms with van der Waals surface area (Å²) >= 11 is 1.32. The topological polar surface area (TPSA) is 29.5 Å². The molecular formula is C13H17F2NO2S. The lowest BCUT2D eigenvalue weighted by Crippen LogP contribution is -2.14. The van der Waals surface area contributed by atoms with Crippen molar-refractivity contribution in [2.45, 2.75) is 17.9 Å². The van der Waals surface area contributed by atoms with Crippen molar-refractivity contribution in [2.75, 3.05) is 27.0 Å². The van der Waals surface area contributed by atoms with E-state index in [2.05, 4.69) is 4.74 Å². The van der Waals surface area contributed by atoms with Gasteiger partial charge in [-0.15, -0.1) is 11.8 Å². The van der Waals surface area contributed by atoms with Crippen molar-refractivity contribution >= 4 is 17.7 Å². The number of thioether (sulfide) groups is 1. The first-order valence-electron chi connectivity index (χ1n) is 5.77. The molecule has 0 fully saturated rings. The van der Waals surface area contributed by atoms with E-state index in [9.17, 15) is 13.6 Å². The molecule has 0 radical (unpaired) electrons. The summed E-state index contributed by atoms with van der Waals surface area (Å²) in [6.45, 7) is 0.310. The van der Waals surface area contributed by atoms with Crippen molar-refractivity contribution in [3.05, 3.63) is 29.3 Å². The van der Waals surface area contributed by atoms with Gasteiger partial charge >= 0.3 is 5.97 Å². The molecule has 1 aromatic carbocycles. The fraction of sp³-hybridized carbons (Fsp3) is 0.462. The van der Waals surface area contributed by atoms with E-state index >= 15 is 0 Å². The average Bonchev–Trinajstić information content (AvgIpc) is 2.37. The quantitative estimate of drug-likeness (QED) is 0.595. The van der Waals surface area contributed by atoms with Crippen molar-refractivity contribution in [1.29, 1.82) is 0 Å². The monoisotopic (exact) mass is 289 g/mol. The largest absolute Gasteiger partial charge is 0.469 e. The summed E-state index contributed by atoms with van der Waals surface area (Å²) in [4.78, 5) is 13.4. The van der Waals surface area contributed by atoms with Crippen LogP contribution in [0.4, 0.5) is 8.78 Å². The van der Waals surface area contributed by atoms with Gasteiger partial charge in [-0.2, -0.15) is 0 Å². The molecule has 0 heterocycles. The summed E-state index contributed by atoms with van der Waals surface area (Å²) < 4.78 is 31.5. The molecule has 0 saturated carbocycles. The molecule has 19 heavy (non-hydrogen) atoms. The molecule has 0 aromatic heterocycles. The van der Waals surface area contributed by atoms with Crippen LogP contribution in [0.15, 0.2) is 17.0 Å². The minimum Gasteiger partial charge on any atom is -0.469 e. The molecule has 0 unspecified atom stereocenters. The lowest BCUT2D eigenvalue weighted by Gasteiger charge is -2.15. The predicted molar refractivity (Wildman–Crippen MR) is 71.1 cm³/mol. The molecule has 0 aliphatic rings. The van der Waals surface area contributed by atoms with Crippen LogP contribution in [0.25, 0.3) is 0 Å². The van der Waals surface area contributed by atoms with Gasteiger partial charge in [0.25, 0.3) is 0 Å². The van der Waals surface area contributed by atoms with E-state index in [1.807, 2.05) is 0 Å². The highest BCUT2D eigenvalue weighted by atomic mass is 32.2. The van der Waals surface area contributed by atoms with Crippen molar-refractivity contribution in [3.8, 4) is 0 Å². The number of nitrogens with zero attached hydrogens (tertiary/aromatic N) is 1. The summed E-state index contributed by atoms with van der Waals surface area (Å²) in [5.74, 6) is -1.52. The summed E-state index contributed by atoms with van der Waals surface area (Å²) in [7, 11) is 4.89. The first-order chi connectivity index (χ1) is 8.95. The van der Waals surface area contributed by atoms with E-state index in [-0.39, 0.29) is 12.4 Å². The molecule has 1 aromatic rings. The smallest absolute Gasteiger partial charge is 0.306 e. The van der Waals surface area contributed by atoms with Gasteiger partial charge < -0.3 is 9.64 Å². The van der Waals surface area contributed by atoms with Crippen LogP contribution in [-0.4, -0.2) is 37.8 Å². The van der Waals surface area contributed by atoms with Gasteiger partial charge in [0.15, 0.2) is 11.6 Å². The Morgan fingerprint density at radius 3 is 2.63 bits per heavy atom. The zero-order chi connectivity index (χ0) is 14.4. The van der Waals surface area contributed by atoms with Crippen LogP contribution in [0.3, 0.4) is 0 Å². The molecule has 6 heteroatoms. The van der Waals surface area contributed by atoms with Gasteiger partial charge in [0.1, 0.15) is 0 Å². The average molecular weight is 289 g/mol. The first-order valence-corrected chi connectivity index (χ1v) is 6.75. The number of halogens is 2. The number of hydrogen-bond acceptors (Lipinski definition) is 4. The van der Waals surface area contributed by atoms with E-state index in [1.165, 1.54) is 18.9 Å². The van der Waals surface area contributed by atoms with E-state index in [0.717, 1.165) is 6.07 Å². The molecule has 0 bridgehead atoms. The molecule has 0 spiro atoms. The Morgan fingerprint density at radius 1 is 1.37 bits per heavy atom. The Morgan fingerprint density at radius 2 is 2.05 bits per heavy atom. The minimum atomic E-state index is -0.853. The summed E-state index contributed by atoms with van der Waals surface area (Å²) in [5.41, 5.74) is 0.319. The van der Waals surface area contributed by atoms with Crippen molar-refractivity contribution in [2.24, 2.45) is 0 Å². The predicted octanol–water partition coefficient (Wildman–Crippen LogP) is 2.68. The normalized spacial score (nSPS) is 10.8. The molecule has 0 saturated heterocycles. The van der Waals surface area contributed by atoms with Gasteiger partial charge in [0, 0.05) is 22.8 Å². The lowest BCUT2D eigenvalue weighted by molar-refractivity contribution is -0.140. The third kappa shape index (κ3) is 4.80. The highest BCUT2D eigenvalue weighted by Crippen LogP contribution is 2.28. The fourth-order valence-corrected chi connectivity index (χ4v) is 2.50. The van der Waals surface area contributed by atoms with Crippen LogP contribution in [0.5, 0.6) is 0 Å². The Bertz CT molecular complexity index is 453. The second-order valence-electron chi connectivity index (χ2n) is 4.25. The minimum absolute atomic E-state index is 0.238. The molecule has 0 N–H and O–H groups in total. The zero-order valence-corrected chi connectivity index (χ0v) is 12.0. The third-order valence-electron chi connectivity index (χ3n) is 2.42. The standard InChI is InChI=1S/C13H17F2NO2S/c1-16(2)8-9-11(5-4-10(14)13(9)15)19-7-6-12(17)18-3/h4-5H,6-8H2,1-3H3. The molecule has 3 nitrogen and oxygen atoms in total. The van der Waals surface area contributed by atoms with Gasteiger partial charge in [-0.05, 0) is 26.2 Å². The highest BCUT2D eigenvalue weighted by molar-refractivity contribution is 7.99. The second kappa shape index (κ2) is 7.45. The van der Waals surface area contributed by atoms with E-state index < -0.39 is 11.6 Å². The SMILES string of the molecule is COC(=O)CCSc1ccc(F)c(F)c1CN(C)C. The van der Waals surface area contributed by atoms with Gasteiger partial charge in [-0.1, -0.05) is 0 Å². The number of methoxy groups -OCH3 is 1. The molecule has 0 amide bonds. The van der Waals surface area contributed by atoms with Crippen LogP contribution < -0.4 is 0 Å². The second-order valence-corrected chi connectivity index (χ2v) is 5.39. The Kier molecular flexibility index (Phi) is 6.24. The number of carbonyl (C=O) groups excluding carboxylic acids is 1. The summed E-state index contributed by atoms with van der Waals surface area (Å²) in [5, 5.41) is 0. The molecule has 106 valence electrons. The molecule has 0 atom stereocenters. The maximum Gasteiger partial charge on any atom is 0.306 e. The molecule has 0 aliphatic heterocycles. The van der Waals surface area contributed by atoms with Crippen LogP contribution in [0.2, 0.25) is 0 Å². The Balaban J connectivity index is 2.81. The van der Waals surface area contributed by atoms with E-state index in [0.29, 0.717) is 22.8 Å².